The van der Waals surface area contributed by atoms with Crippen molar-refractivity contribution in [2.45, 2.75) is 6.54 Å². The predicted octanol–water partition coefficient (Wildman–Crippen LogP) is 2.58. The normalized spacial score (nSPS) is 11.0. The molecule has 0 atom stereocenters. The number of tetrazole rings is 1. The molecule has 172 valence electrons. The van der Waals surface area contributed by atoms with Gasteiger partial charge in [0, 0.05) is 30.4 Å². The first-order valence-corrected chi connectivity index (χ1v) is 10.8. The first kappa shape index (κ1) is 22.8. The maximum Gasteiger partial charge on any atom is 0.271 e. The number of likely N-dealkylation sites (N-methyl/N-ethyl adjacent to an activating group) is 1. The number of benzene rings is 3. The number of nitrogens with one attached hydrogen (secondary N) is 1. The lowest BCUT2D eigenvalue weighted by Gasteiger charge is -2.17. The lowest BCUT2D eigenvalue weighted by molar-refractivity contribution is 0.0955. The molecule has 4 rings (SSSR count). The fourth-order valence-electron chi connectivity index (χ4n) is 3.26. The number of aliphatic hydroxyl groups excluding tert-OH is 1. The molecule has 1 aromatic heterocycles. The van der Waals surface area contributed by atoms with Gasteiger partial charge in [-0.3, -0.25) is 4.79 Å². The van der Waals surface area contributed by atoms with E-state index in [9.17, 15) is 4.79 Å². The molecule has 0 saturated carbocycles. The quantitative estimate of drug-likeness (QED) is 0.297. The minimum absolute atomic E-state index is 0.0965. The summed E-state index contributed by atoms with van der Waals surface area (Å²) in [7, 11) is 1.91. The summed E-state index contributed by atoms with van der Waals surface area (Å²) in [4.78, 5) is 15.9. The zero-order valence-corrected chi connectivity index (χ0v) is 18.7. The van der Waals surface area contributed by atoms with Gasteiger partial charge in [-0.05, 0) is 40.6 Å². The van der Waals surface area contributed by atoms with Crippen LogP contribution in [-0.4, -0.2) is 57.6 Å². The number of nitrogens with zero attached hydrogens (tertiary/aromatic N) is 6. The molecule has 0 aliphatic carbocycles. The summed E-state index contributed by atoms with van der Waals surface area (Å²) < 4.78 is 0. The van der Waals surface area contributed by atoms with Crippen LogP contribution in [0.25, 0.3) is 11.4 Å². The molecule has 4 aromatic rings. The average Bonchev–Trinajstić information content (AvgIpc) is 3.34. The zero-order valence-electron chi connectivity index (χ0n) is 18.7. The Kier molecular flexibility index (Phi) is 7.36. The Labute approximate surface area is 197 Å². The van der Waals surface area contributed by atoms with Crippen molar-refractivity contribution in [3.8, 4) is 11.4 Å². The van der Waals surface area contributed by atoms with E-state index in [1.54, 1.807) is 18.3 Å². The van der Waals surface area contributed by atoms with Crippen LogP contribution in [-0.2, 0) is 6.54 Å². The molecule has 9 nitrogen and oxygen atoms in total. The van der Waals surface area contributed by atoms with Gasteiger partial charge in [0.2, 0.25) is 5.82 Å². The van der Waals surface area contributed by atoms with E-state index in [4.69, 9.17) is 5.11 Å². The highest BCUT2D eigenvalue weighted by Crippen LogP contribution is 2.14. The van der Waals surface area contributed by atoms with E-state index >= 15 is 0 Å². The maximum atomic E-state index is 12.4. The second-order valence-corrected chi connectivity index (χ2v) is 7.64. The Balaban J connectivity index is 1.30. The number of rotatable bonds is 9. The first-order chi connectivity index (χ1) is 16.6. The number of hydrazone groups is 1. The van der Waals surface area contributed by atoms with E-state index in [0.29, 0.717) is 24.5 Å². The molecule has 0 saturated heterocycles. The van der Waals surface area contributed by atoms with Crippen molar-refractivity contribution in [1.82, 2.24) is 25.6 Å². The molecule has 2 N–H and O–H groups in total. The van der Waals surface area contributed by atoms with Crippen molar-refractivity contribution in [1.29, 1.82) is 0 Å². The molecular formula is C25H25N7O2. The number of carbonyl (C=O) groups is 1. The number of hydrogen-bond donors (Lipinski definition) is 2. The number of anilines is 1. The number of aromatic nitrogens is 4. The molecule has 3 aromatic carbocycles. The van der Waals surface area contributed by atoms with E-state index < -0.39 is 0 Å². The second kappa shape index (κ2) is 11.0. The summed E-state index contributed by atoms with van der Waals surface area (Å²) in [5, 5.41) is 25.7. The lowest BCUT2D eigenvalue weighted by Crippen LogP contribution is -2.20. The molecule has 1 heterocycles. The molecule has 0 fully saturated rings. The van der Waals surface area contributed by atoms with Crippen molar-refractivity contribution in [3.63, 3.8) is 0 Å². The van der Waals surface area contributed by atoms with Crippen molar-refractivity contribution < 1.29 is 9.90 Å². The Bertz CT molecular complexity index is 1240. The van der Waals surface area contributed by atoms with Crippen LogP contribution in [0.2, 0.25) is 0 Å². The number of aliphatic hydroxyl groups is 1. The van der Waals surface area contributed by atoms with Gasteiger partial charge in [0.05, 0.1) is 19.4 Å². The van der Waals surface area contributed by atoms with Crippen LogP contribution in [0.4, 0.5) is 5.69 Å². The highest BCUT2D eigenvalue weighted by Gasteiger charge is 2.08. The van der Waals surface area contributed by atoms with E-state index in [2.05, 4.69) is 25.9 Å². The lowest BCUT2D eigenvalue weighted by atomic mass is 10.1. The predicted molar refractivity (Wildman–Crippen MR) is 131 cm³/mol. The topological polar surface area (TPSA) is 109 Å². The number of hydrogen-bond acceptors (Lipinski definition) is 7. The molecule has 34 heavy (non-hydrogen) atoms. The molecule has 1 amide bonds. The largest absolute Gasteiger partial charge is 0.395 e. The Morgan fingerprint density at radius 3 is 2.50 bits per heavy atom. The summed E-state index contributed by atoms with van der Waals surface area (Å²) in [6.45, 7) is 1.11. The number of carbonyl (C=O) groups excluding carboxylic acids is 1. The van der Waals surface area contributed by atoms with Gasteiger partial charge in [-0.15, -0.1) is 10.2 Å². The third-order valence-corrected chi connectivity index (χ3v) is 5.17. The van der Waals surface area contributed by atoms with Gasteiger partial charge < -0.3 is 10.0 Å². The summed E-state index contributed by atoms with van der Waals surface area (Å²) in [5.74, 6) is 0.272. The summed E-state index contributed by atoms with van der Waals surface area (Å²) in [6, 6.07) is 24.5. The van der Waals surface area contributed by atoms with Gasteiger partial charge in [-0.1, -0.05) is 54.6 Å². The van der Waals surface area contributed by atoms with Crippen molar-refractivity contribution in [3.05, 3.63) is 95.6 Å². The molecule has 9 heteroatoms. The standard InChI is InChI=1S/C25H25N7O2/c1-31(15-16-33)23-13-9-19(10-14-23)17-26-28-25(34)22-11-7-20(8-12-22)18-32-29-24(27-30-32)21-5-3-2-4-6-21/h2-14,17,33H,15-16,18H2,1H3,(H,28,34)/b26-17-. The fourth-order valence-corrected chi connectivity index (χ4v) is 3.26. The van der Waals surface area contributed by atoms with Gasteiger partial charge in [-0.2, -0.15) is 9.90 Å². The second-order valence-electron chi connectivity index (χ2n) is 7.64. The van der Waals surface area contributed by atoms with E-state index in [0.717, 1.165) is 22.4 Å². The van der Waals surface area contributed by atoms with Crippen LogP contribution in [0.5, 0.6) is 0 Å². The van der Waals surface area contributed by atoms with Crippen LogP contribution in [0.3, 0.4) is 0 Å². The molecule has 0 radical (unpaired) electrons. The summed E-state index contributed by atoms with van der Waals surface area (Å²) >= 11 is 0. The highest BCUT2D eigenvalue weighted by molar-refractivity contribution is 5.94. The van der Waals surface area contributed by atoms with E-state index in [1.165, 1.54) is 4.80 Å². The molecular weight excluding hydrogens is 430 g/mol. The third kappa shape index (κ3) is 5.90. The average molecular weight is 456 g/mol. The van der Waals surface area contributed by atoms with Crippen LogP contribution in [0, 0.1) is 0 Å². The van der Waals surface area contributed by atoms with Gasteiger partial charge in [0.1, 0.15) is 0 Å². The smallest absolute Gasteiger partial charge is 0.271 e. The van der Waals surface area contributed by atoms with Gasteiger partial charge in [0.15, 0.2) is 0 Å². The molecule has 0 aliphatic heterocycles. The Morgan fingerprint density at radius 1 is 1.06 bits per heavy atom. The monoisotopic (exact) mass is 455 g/mol. The van der Waals surface area contributed by atoms with Gasteiger partial charge in [-0.25, -0.2) is 5.43 Å². The van der Waals surface area contributed by atoms with Crippen LogP contribution >= 0.6 is 0 Å². The molecule has 0 unspecified atom stereocenters. The van der Waals surface area contributed by atoms with Gasteiger partial charge in [0.25, 0.3) is 5.91 Å². The van der Waals surface area contributed by atoms with E-state index in [1.807, 2.05) is 78.7 Å². The first-order valence-electron chi connectivity index (χ1n) is 10.8. The van der Waals surface area contributed by atoms with Crippen molar-refractivity contribution >= 4 is 17.8 Å². The Hall–Kier alpha value is -4.37. The van der Waals surface area contributed by atoms with Crippen LogP contribution < -0.4 is 10.3 Å². The van der Waals surface area contributed by atoms with Crippen molar-refractivity contribution in [2.75, 3.05) is 25.1 Å². The third-order valence-electron chi connectivity index (χ3n) is 5.17. The van der Waals surface area contributed by atoms with E-state index in [-0.39, 0.29) is 12.5 Å². The molecule has 0 aliphatic rings. The minimum Gasteiger partial charge on any atom is -0.395 e. The summed E-state index contributed by atoms with van der Waals surface area (Å²) in [6.07, 6.45) is 1.59. The SMILES string of the molecule is CN(CCO)c1ccc(/C=N\NC(=O)c2ccc(Cn3nnc(-c4ccccc4)n3)cc2)cc1. The van der Waals surface area contributed by atoms with Crippen molar-refractivity contribution in [2.24, 2.45) is 5.10 Å². The van der Waals surface area contributed by atoms with Crippen LogP contribution in [0.1, 0.15) is 21.5 Å². The fraction of sp³-hybridized carbons (Fsp3) is 0.160. The van der Waals surface area contributed by atoms with Crippen LogP contribution in [0.15, 0.2) is 84.0 Å². The highest BCUT2D eigenvalue weighted by atomic mass is 16.3. The maximum absolute atomic E-state index is 12.4. The van der Waals surface area contributed by atoms with Gasteiger partial charge >= 0.3 is 0 Å². The molecule has 0 spiro atoms. The minimum atomic E-state index is -0.299. The Morgan fingerprint density at radius 2 is 1.79 bits per heavy atom. The number of amides is 1. The summed E-state index contributed by atoms with van der Waals surface area (Å²) in [5.41, 5.74) is 6.74. The molecule has 0 bridgehead atoms. The zero-order chi connectivity index (χ0) is 23.8.